The van der Waals surface area contributed by atoms with E-state index in [2.05, 4.69) is 25.2 Å². The van der Waals surface area contributed by atoms with E-state index < -0.39 is 5.97 Å². The van der Waals surface area contributed by atoms with Crippen LogP contribution >= 0.6 is 9.24 Å². The lowest BCUT2D eigenvalue weighted by Gasteiger charge is -2.26. The molecule has 1 aliphatic rings. The number of nitrogens with zero attached hydrogens (tertiary/aromatic N) is 4. The Hall–Kier alpha value is -3.55. The Morgan fingerprint density at radius 3 is 2.78 bits per heavy atom. The summed E-state index contributed by atoms with van der Waals surface area (Å²) in [5.41, 5.74) is 4.32. The standard InChI is InChI=1S/C26H26FN4O4P/c1-15-3-4-17(18(27)11-15)14-34-25-22(36)6-5-19(28-25)16-7-9-31(10-8-16)13-23-29-24-20(30(23)2)12-21(35-24)26(32)33/h3-7,11-12H,8-10,13-14,36H2,1-2H3,(H,32,33). The smallest absolute Gasteiger partial charge is 0.371 e. The number of carbonyl (C=O) groups is 1. The molecule has 4 aromatic rings. The average Bonchev–Trinajstić information content (AvgIpc) is 3.40. The van der Waals surface area contributed by atoms with Crippen molar-refractivity contribution in [1.29, 1.82) is 0 Å². The largest absolute Gasteiger partial charge is 0.475 e. The second-order valence-corrected chi connectivity index (χ2v) is 9.50. The highest BCUT2D eigenvalue weighted by atomic mass is 31.0. The SMILES string of the molecule is Cc1ccc(COc2nc(C3=CCN(Cc4nc5oc(C(=O)O)cc5n4C)CC3)ccc2P)c(F)c1. The minimum atomic E-state index is -1.11. The molecule has 0 amide bonds. The molecule has 1 aliphatic heterocycles. The molecule has 1 unspecified atom stereocenters. The summed E-state index contributed by atoms with van der Waals surface area (Å²) in [6.07, 6.45) is 2.95. The molecule has 4 heterocycles. The number of rotatable bonds is 7. The first-order valence-corrected chi connectivity index (χ1v) is 12.1. The van der Waals surface area contributed by atoms with Gasteiger partial charge in [0.2, 0.25) is 17.4 Å². The van der Waals surface area contributed by atoms with E-state index in [4.69, 9.17) is 19.2 Å². The highest BCUT2D eigenvalue weighted by molar-refractivity contribution is 7.27. The van der Waals surface area contributed by atoms with Crippen LogP contribution in [0.15, 0.2) is 46.9 Å². The molecular formula is C26H26FN4O4P. The van der Waals surface area contributed by atoms with E-state index in [1.54, 1.807) is 6.07 Å². The van der Waals surface area contributed by atoms with Crippen molar-refractivity contribution in [2.45, 2.75) is 26.5 Å². The maximum atomic E-state index is 14.2. The number of aromatic carboxylic acids is 1. The Morgan fingerprint density at radius 2 is 2.08 bits per heavy atom. The van der Waals surface area contributed by atoms with Gasteiger partial charge in [0.15, 0.2) is 0 Å². The first-order chi connectivity index (χ1) is 17.3. The first kappa shape index (κ1) is 24.2. The maximum absolute atomic E-state index is 14.2. The van der Waals surface area contributed by atoms with Crippen LogP contribution in [0.3, 0.4) is 0 Å². The number of aromatic nitrogens is 3. The zero-order valence-corrected chi connectivity index (χ0v) is 21.1. The Balaban J connectivity index is 1.25. The monoisotopic (exact) mass is 508 g/mol. The van der Waals surface area contributed by atoms with Crippen LogP contribution in [0.25, 0.3) is 16.8 Å². The second kappa shape index (κ2) is 9.84. The molecule has 0 spiro atoms. The van der Waals surface area contributed by atoms with Crippen molar-refractivity contribution >= 4 is 37.3 Å². The van der Waals surface area contributed by atoms with Crippen molar-refractivity contribution in [3.63, 3.8) is 0 Å². The summed E-state index contributed by atoms with van der Waals surface area (Å²) in [6, 6.07) is 10.5. The van der Waals surface area contributed by atoms with Crippen molar-refractivity contribution in [2.75, 3.05) is 13.1 Å². The molecule has 0 bridgehead atoms. The van der Waals surface area contributed by atoms with Crippen LogP contribution in [0.1, 0.15) is 39.6 Å². The summed E-state index contributed by atoms with van der Waals surface area (Å²) in [5, 5.41) is 9.92. The van der Waals surface area contributed by atoms with E-state index in [9.17, 15) is 9.18 Å². The van der Waals surface area contributed by atoms with E-state index in [0.29, 0.717) is 29.2 Å². The summed E-state index contributed by atoms with van der Waals surface area (Å²) in [5.74, 6) is -0.229. The van der Waals surface area contributed by atoms with Gasteiger partial charge in [-0.25, -0.2) is 14.2 Å². The molecule has 0 saturated heterocycles. The fourth-order valence-corrected chi connectivity index (χ4v) is 4.46. The lowest BCUT2D eigenvalue weighted by atomic mass is 10.0. The van der Waals surface area contributed by atoms with Gasteiger partial charge in [-0.2, -0.15) is 4.98 Å². The van der Waals surface area contributed by atoms with Crippen LogP contribution in [0, 0.1) is 12.7 Å². The lowest BCUT2D eigenvalue weighted by molar-refractivity contribution is 0.0664. The van der Waals surface area contributed by atoms with Crippen molar-refractivity contribution in [3.05, 3.63) is 76.7 Å². The molecule has 36 heavy (non-hydrogen) atoms. The normalized spacial score (nSPS) is 14.3. The predicted molar refractivity (Wildman–Crippen MR) is 137 cm³/mol. The summed E-state index contributed by atoms with van der Waals surface area (Å²) >= 11 is 0. The van der Waals surface area contributed by atoms with Crippen molar-refractivity contribution in [1.82, 2.24) is 19.4 Å². The average molecular weight is 508 g/mol. The van der Waals surface area contributed by atoms with Crippen LogP contribution in [-0.4, -0.2) is 43.6 Å². The minimum Gasteiger partial charge on any atom is -0.475 e. The summed E-state index contributed by atoms with van der Waals surface area (Å²) in [4.78, 5) is 22.5. The number of benzene rings is 1. The van der Waals surface area contributed by atoms with E-state index in [1.165, 1.54) is 12.1 Å². The van der Waals surface area contributed by atoms with Gasteiger partial charge in [0.05, 0.1) is 12.2 Å². The first-order valence-electron chi connectivity index (χ1n) is 11.5. The van der Waals surface area contributed by atoms with Gasteiger partial charge in [-0.15, -0.1) is 0 Å². The maximum Gasteiger partial charge on any atom is 0.371 e. The minimum absolute atomic E-state index is 0.108. The molecule has 1 atom stereocenters. The Labute approximate surface area is 209 Å². The molecule has 0 radical (unpaired) electrons. The number of carboxylic acids is 1. The highest BCUT2D eigenvalue weighted by Crippen LogP contribution is 2.25. The molecule has 0 aliphatic carbocycles. The fraction of sp³-hybridized carbons (Fsp3) is 0.269. The lowest BCUT2D eigenvalue weighted by Crippen LogP contribution is -2.29. The van der Waals surface area contributed by atoms with Gasteiger partial charge in [0, 0.05) is 37.1 Å². The summed E-state index contributed by atoms with van der Waals surface area (Å²) in [6.45, 7) is 4.11. The topological polar surface area (TPSA) is 93.6 Å². The van der Waals surface area contributed by atoms with Gasteiger partial charge in [0.1, 0.15) is 23.8 Å². The molecule has 10 heteroatoms. The van der Waals surface area contributed by atoms with E-state index in [1.807, 2.05) is 36.7 Å². The van der Waals surface area contributed by atoms with Crippen LogP contribution in [-0.2, 0) is 20.2 Å². The third-order valence-electron chi connectivity index (χ3n) is 6.33. The molecule has 3 aromatic heterocycles. The molecule has 1 N–H and O–H groups in total. The zero-order chi connectivity index (χ0) is 25.4. The van der Waals surface area contributed by atoms with Gasteiger partial charge in [-0.05, 0) is 42.7 Å². The van der Waals surface area contributed by atoms with Gasteiger partial charge >= 0.3 is 5.97 Å². The van der Waals surface area contributed by atoms with Crippen molar-refractivity contribution in [3.8, 4) is 5.88 Å². The van der Waals surface area contributed by atoms with Gasteiger partial charge < -0.3 is 18.8 Å². The molecule has 0 saturated carbocycles. The number of fused-ring (bicyclic) bond motifs is 1. The molecular weight excluding hydrogens is 482 g/mol. The quantitative estimate of drug-likeness (QED) is 0.376. The third kappa shape index (κ3) is 4.90. The van der Waals surface area contributed by atoms with Gasteiger partial charge in [0.25, 0.3) is 0 Å². The van der Waals surface area contributed by atoms with Crippen LogP contribution < -0.4 is 10.0 Å². The molecule has 186 valence electrons. The number of aryl methyl sites for hydroxylation is 2. The van der Waals surface area contributed by atoms with Crippen LogP contribution in [0.2, 0.25) is 0 Å². The van der Waals surface area contributed by atoms with Crippen molar-refractivity contribution in [2.24, 2.45) is 7.05 Å². The molecule has 8 nitrogen and oxygen atoms in total. The Morgan fingerprint density at radius 1 is 1.25 bits per heavy atom. The van der Waals surface area contributed by atoms with Crippen LogP contribution in [0.4, 0.5) is 4.39 Å². The van der Waals surface area contributed by atoms with Crippen molar-refractivity contribution < 1.29 is 23.4 Å². The van der Waals surface area contributed by atoms with Crippen LogP contribution in [0.5, 0.6) is 5.88 Å². The highest BCUT2D eigenvalue weighted by Gasteiger charge is 2.21. The van der Waals surface area contributed by atoms with E-state index in [0.717, 1.165) is 47.5 Å². The Kier molecular flexibility index (Phi) is 6.60. The Bertz CT molecular complexity index is 1490. The molecule has 1 aromatic carbocycles. The zero-order valence-electron chi connectivity index (χ0n) is 20.0. The number of ether oxygens (including phenoxy) is 1. The second-order valence-electron chi connectivity index (χ2n) is 8.88. The molecule has 5 rings (SSSR count). The third-order valence-corrected chi connectivity index (χ3v) is 6.77. The number of imidazole rings is 1. The number of pyridine rings is 1. The summed E-state index contributed by atoms with van der Waals surface area (Å²) < 4.78 is 27.2. The number of hydrogen-bond acceptors (Lipinski definition) is 6. The number of halogens is 1. The fourth-order valence-electron chi connectivity index (χ4n) is 4.22. The number of furan rings is 1. The summed E-state index contributed by atoms with van der Waals surface area (Å²) in [7, 11) is 4.47. The van der Waals surface area contributed by atoms with Gasteiger partial charge in [-0.3, -0.25) is 4.90 Å². The number of hydrogen-bond donors (Lipinski definition) is 1. The molecule has 0 fully saturated rings. The predicted octanol–water partition coefficient (Wildman–Crippen LogP) is 4.08. The van der Waals surface area contributed by atoms with Gasteiger partial charge in [-0.1, -0.05) is 27.4 Å². The van der Waals surface area contributed by atoms with E-state index >= 15 is 0 Å². The number of carboxylic acid groups (broad SMARTS) is 1. The van der Waals surface area contributed by atoms with E-state index in [-0.39, 0.29) is 18.2 Å².